The number of rotatable bonds is 2. The zero-order valence-corrected chi connectivity index (χ0v) is 13.4. The molecule has 23 heavy (non-hydrogen) atoms. The van der Waals surface area contributed by atoms with E-state index in [4.69, 9.17) is 0 Å². The number of nitrogens with zero attached hydrogens (tertiary/aromatic N) is 1. The highest BCUT2D eigenvalue weighted by atomic mass is 19.1. The standard InChI is InChI=1S/C17H14F2N2.C2H6/c1-11-7-8-13(12-5-3-2-4-6-12)17(21-11)16-14(18)9-20-10-15(16)19;1-2/h2-6,9-10,21H,1,7-8H2;1-2H3. The van der Waals surface area contributed by atoms with Gasteiger partial charge in [-0.2, -0.15) is 0 Å². The summed E-state index contributed by atoms with van der Waals surface area (Å²) in [6.07, 6.45) is 3.47. The Labute approximate surface area is 135 Å². The van der Waals surface area contributed by atoms with E-state index in [0.717, 1.165) is 35.6 Å². The van der Waals surface area contributed by atoms with Gasteiger partial charge in [-0.3, -0.25) is 4.98 Å². The molecule has 0 unspecified atom stereocenters. The molecule has 120 valence electrons. The Bertz CT molecular complexity index is 701. The van der Waals surface area contributed by atoms with Crippen LogP contribution in [0.4, 0.5) is 8.78 Å². The molecule has 3 rings (SSSR count). The molecule has 0 radical (unpaired) electrons. The van der Waals surface area contributed by atoms with Crippen molar-refractivity contribution in [2.24, 2.45) is 0 Å². The molecule has 0 saturated heterocycles. The third kappa shape index (κ3) is 3.65. The number of halogens is 2. The lowest BCUT2D eigenvalue weighted by atomic mass is 9.92. The fraction of sp³-hybridized carbons (Fsp3) is 0.211. The van der Waals surface area contributed by atoms with Gasteiger partial charge < -0.3 is 5.32 Å². The first-order valence-electron chi connectivity index (χ1n) is 7.69. The first-order valence-corrected chi connectivity index (χ1v) is 7.69. The Balaban J connectivity index is 0.000000924. The van der Waals surface area contributed by atoms with Crippen molar-refractivity contribution in [1.82, 2.24) is 10.3 Å². The first kappa shape index (κ1) is 16.9. The van der Waals surface area contributed by atoms with Gasteiger partial charge in [-0.05, 0) is 24.0 Å². The Hall–Kier alpha value is -2.49. The second-order valence-electron chi connectivity index (χ2n) is 4.93. The highest BCUT2D eigenvalue weighted by Gasteiger charge is 2.23. The minimum absolute atomic E-state index is 0.0790. The van der Waals surface area contributed by atoms with Crippen LogP contribution < -0.4 is 5.32 Å². The molecular weight excluding hydrogens is 294 g/mol. The van der Waals surface area contributed by atoms with Crippen molar-refractivity contribution in [1.29, 1.82) is 0 Å². The summed E-state index contributed by atoms with van der Waals surface area (Å²) in [5.74, 6) is -1.36. The van der Waals surface area contributed by atoms with E-state index in [1.807, 2.05) is 44.2 Å². The monoisotopic (exact) mass is 314 g/mol. The number of aromatic nitrogens is 1. The van der Waals surface area contributed by atoms with Crippen molar-refractivity contribution < 1.29 is 8.78 Å². The van der Waals surface area contributed by atoms with Crippen LogP contribution >= 0.6 is 0 Å². The van der Waals surface area contributed by atoms with Crippen molar-refractivity contribution in [3.8, 4) is 0 Å². The molecule has 1 aliphatic heterocycles. The third-order valence-electron chi connectivity index (χ3n) is 3.51. The summed E-state index contributed by atoms with van der Waals surface area (Å²) in [7, 11) is 0. The van der Waals surface area contributed by atoms with Crippen LogP contribution in [0.15, 0.2) is 55.0 Å². The van der Waals surface area contributed by atoms with E-state index < -0.39 is 11.6 Å². The topological polar surface area (TPSA) is 24.9 Å². The Morgan fingerprint density at radius 1 is 1.00 bits per heavy atom. The number of allylic oxidation sites excluding steroid dienone is 2. The fourth-order valence-electron chi connectivity index (χ4n) is 2.51. The lowest BCUT2D eigenvalue weighted by Gasteiger charge is -2.25. The Morgan fingerprint density at radius 2 is 1.61 bits per heavy atom. The SMILES string of the molecule is C=C1CCC(c2ccccc2)=C(c2c(F)cncc2F)N1.CC. The van der Waals surface area contributed by atoms with Crippen LogP contribution in [0.25, 0.3) is 11.3 Å². The molecule has 1 N–H and O–H groups in total. The van der Waals surface area contributed by atoms with Gasteiger partial charge in [-0.1, -0.05) is 50.8 Å². The van der Waals surface area contributed by atoms with Crippen LogP contribution in [0.5, 0.6) is 0 Å². The molecule has 1 aliphatic rings. The van der Waals surface area contributed by atoms with Gasteiger partial charge in [-0.15, -0.1) is 0 Å². The summed E-state index contributed by atoms with van der Waals surface area (Å²) >= 11 is 0. The summed E-state index contributed by atoms with van der Waals surface area (Å²) in [5.41, 5.74) is 2.94. The summed E-state index contributed by atoms with van der Waals surface area (Å²) < 4.78 is 28.1. The molecule has 0 saturated carbocycles. The molecule has 1 aromatic carbocycles. The first-order chi connectivity index (χ1) is 11.2. The molecule has 2 aromatic rings. The molecule has 1 aromatic heterocycles. The quantitative estimate of drug-likeness (QED) is 0.829. The van der Waals surface area contributed by atoms with Crippen molar-refractivity contribution in [2.45, 2.75) is 26.7 Å². The van der Waals surface area contributed by atoms with Crippen LogP contribution in [0, 0.1) is 11.6 Å². The van der Waals surface area contributed by atoms with Gasteiger partial charge in [0.25, 0.3) is 0 Å². The maximum atomic E-state index is 14.0. The summed E-state index contributed by atoms with van der Waals surface area (Å²) in [6.45, 7) is 7.87. The second-order valence-corrected chi connectivity index (χ2v) is 4.93. The van der Waals surface area contributed by atoms with Crippen LogP contribution in [0.1, 0.15) is 37.8 Å². The average Bonchev–Trinajstić information content (AvgIpc) is 2.57. The Kier molecular flexibility index (Phi) is 5.63. The summed E-state index contributed by atoms with van der Waals surface area (Å²) in [5, 5.41) is 3.04. The van der Waals surface area contributed by atoms with E-state index >= 15 is 0 Å². The molecular formula is C19H20F2N2. The highest BCUT2D eigenvalue weighted by molar-refractivity contribution is 5.91. The highest BCUT2D eigenvalue weighted by Crippen LogP contribution is 2.35. The number of hydrogen-bond donors (Lipinski definition) is 1. The molecule has 0 amide bonds. The number of hydrogen-bond acceptors (Lipinski definition) is 2. The largest absolute Gasteiger partial charge is 0.359 e. The summed E-state index contributed by atoms with van der Waals surface area (Å²) in [6, 6.07) is 9.59. The molecule has 0 aliphatic carbocycles. The molecule has 0 spiro atoms. The molecule has 2 heterocycles. The van der Waals surface area contributed by atoms with Crippen molar-refractivity contribution in [2.75, 3.05) is 0 Å². The fourth-order valence-corrected chi connectivity index (χ4v) is 2.51. The predicted molar refractivity (Wildman–Crippen MR) is 90.3 cm³/mol. The third-order valence-corrected chi connectivity index (χ3v) is 3.51. The number of pyridine rings is 1. The van der Waals surface area contributed by atoms with E-state index in [1.165, 1.54) is 0 Å². The van der Waals surface area contributed by atoms with Gasteiger partial charge in [0.2, 0.25) is 0 Å². The molecule has 0 bridgehead atoms. The smallest absolute Gasteiger partial charge is 0.153 e. The van der Waals surface area contributed by atoms with Gasteiger partial charge in [0.15, 0.2) is 11.6 Å². The zero-order chi connectivity index (χ0) is 16.8. The second kappa shape index (κ2) is 7.68. The summed E-state index contributed by atoms with van der Waals surface area (Å²) in [4.78, 5) is 3.53. The molecule has 0 fully saturated rings. The number of benzene rings is 1. The maximum Gasteiger partial charge on any atom is 0.153 e. The van der Waals surface area contributed by atoms with Crippen LogP contribution in [0.3, 0.4) is 0 Å². The van der Waals surface area contributed by atoms with Gasteiger partial charge in [0.1, 0.15) is 0 Å². The molecule has 0 atom stereocenters. The average molecular weight is 314 g/mol. The minimum atomic E-state index is -0.680. The molecule has 2 nitrogen and oxygen atoms in total. The van der Waals surface area contributed by atoms with Gasteiger partial charge in [-0.25, -0.2) is 8.78 Å². The van der Waals surface area contributed by atoms with Gasteiger partial charge in [0, 0.05) is 5.70 Å². The van der Waals surface area contributed by atoms with E-state index in [0.29, 0.717) is 12.1 Å². The zero-order valence-electron chi connectivity index (χ0n) is 13.4. The van der Waals surface area contributed by atoms with Gasteiger partial charge in [0.05, 0.1) is 23.7 Å². The molecule has 4 heteroatoms. The van der Waals surface area contributed by atoms with Crippen LogP contribution in [0.2, 0.25) is 0 Å². The van der Waals surface area contributed by atoms with E-state index in [-0.39, 0.29) is 5.56 Å². The predicted octanol–water partition coefficient (Wildman–Crippen LogP) is 5.15. The van der Waals surface area contributed by atoms with Gasteiger partial charge >= 0.3 is 0 Å². The number of nitrogens with one attached hydrogen (secondary N) is 1. The minimum Gasteiger partial charge on any atom is -0.359 e. The van der Waals surface area contributed by atoms with Crippen molar-refractivity contribution in [3.05, 3.63) is 77.8 Å². The van der Waals surface area contributed by atoms with Crippen LogP contribution in [-0.4, -0.2) is 4.98 Å². The van der Waals surface area contributed by atoms with E-state index in [1.54, 1.807) is 0 Å². The lowest BCUT2D eigenvalue weighted by Crippen LogP contribution is -2.19. The normalized spacial score (nSPS) is 14.0. The van der Waals surface area contributed by atoms with Crippen molar-refractivity contribution in [3.63, 3.8) is 0 Å². The van der Waals surface area contributed by atoms with E-state index in [9.17, 15) is 8.78 Å². The Morgan fingerprint density at radius 3 is 2.22 bits per heavy atom. The lowest BCUT2D eigenvalue weighted by molar-refractivity contribution is 0.564. The van der Waals surface area contributed by atoms with E-state index in [2.05, 4.69) is 16.9 Å². The van der Waals surface area contributed by atoms with Crippen LogP contribution in [-0.2, 0) is 0 Å². The van der Waals surface area contributed by atoms with Crippen molar-refractivity contribution >= 4 is 11.3 Å². The maximum absolute atomic E-state index is 14.0.